The lowest BCUT2D eigenvalue weighted by Gasteiger charge is -2.37. The molecular weight excluding hydrogens is 305 g/mol. The first kappa shape index (κ1) is 15.1. The SMILES string of the molecule is COc1ccc([C@@H]2Nc3ccc(F)cc3[C@@H]3C=CC[C@@H]32)cc1OC. The third-order valence-corrected chi connectivity index (χ3v) is 5.09. The van der Waals surface area contributed by atoms with Crippen molar-refractivity contribution in [3.05, 3.63) is 65.5 Å². The largest absolute Gasteiger partial charge is 0.493 e. The summed E-state index contributed by atoms with van der Waals surface area (Å²) in [5.41, 5.74) is 3.20. The highest BCUT2D eigenvalue weighted by Crippen LogP contribution is 2.50. The van der Waals surface area contributed by atoms with Crippen molar-refractivity contribution in [3.8, 4) is 11.5 Å². The average molecular weight is 325 g/mol. The van der Waals surface area contributed by atoms with Gasteiger partial charge in [-0.3, -0.25) is 0 Å². The molecular formula is C20H20FNO2. The fourth-order valence-corrected chi connectivity index (χ4v) is 3.94. The summed E-state index contributed by atoms with van der Waals surface area (Å²) >= 11 is 0. The van der Waals surface area contributed by atoms with E-state index in [0.29, 0.717) is 5.92 Å². The van der Waals surface area contributed by atoms with E-state index < -0.39 is 0 Å². The van der Waals surface area contributed by atoms with Crippen LogP contribution in [-0.2, 0) is 0 Å². The number of allylic oxidation sites excluding steroid dienone is 2. The molecule has 3 nitrogen and oxygen atoms in total. The Morgan fingerprint density at radius 3 is 2.67 bits per heavy atom. The van der Waals surface area contributed by atoms with Crippen LogP contribution in [-0.4, -0.2) is 14.2 Å². The Hall–Kier alpha value is -2.49. The minimum Gasteiger partial charge on any atom is -0.493 e. The molecule has 0 radical (unpaired) electrons. The molecule has 0 aromatic heterocycles. The second-order valence-corrected chi connectivity index (χ2v) is 6.32. The molecule has 0 saturated heterocycles. The maximum atomic E-state index is 13.7. The molecule has 0 bridgehead atoms. The first-order chi connectivity index (χ1) is 11.7. The van der Waals surface area contributed by atoms with Gasteiger partial charge in [-0.2, -0.15) is 0 Å². The van der Waals surface area contributed by atoms with Crippen molar-refractivity contribution >= 4 is 5.69 Å². The number of hydrogen-bond donors (Lipinski definition) is 1. The van der Waals surface area contributed by atoms with E-state index in [0.717, 1.165) is 34.7 Å². The van der Waals surface area contributed by atoms with Gasteiger partial charge >= 0.3 is 0 Å². The molecule has 1 aliphatic carbocycles. The first-order valence-electron chi connectivity index (χ1n) is 8.16. The van der Waals surface area contributed by atoms with E-state index in [1.54, 1.807) is 20.3 Å². The number of anilines is 1. The van der Waals surface area contributed by atoms with Gasteiger partial charge in [0.05, 0.1) is 20.3 Å². The van der Waals surface area contributed by atoms with E-state index in [-0.39, 0.29) is 17.8 Å². The van der Waals surface area contributed by atoms with Crippen molar-refractivity contribution in [2.45, 2.75) is 18.4 Å². The monoisotopic (exact) mass is 325 g/mol. The van der Waals surface area contributed by atoms with Gasteiger partial charge in [0.1, 0.15) is 5.82 Å². The van der Waals surface area contributed by atoms with Gasteiger partial charge in [0.2, 0.25) is 0 Å². The zero-order chi connectivity index (χ0) is 16.7. The van der Waals surface area contributed by atoms with Crippen LogP contribution in [0.4, 0.5) is 10.1 Å². The van der Waals surface area contributed by atoms with Crippen LogP contribution < -0.4 is 14.8 Å². The summed E-state index contributed by atoms with van der Waals surface area (Å²) in [5, 5.41) is 3.60. The predicted octanol–water partition coefficient (Wildman–Crippen LogP) is 4.67. The van der Waals surface area contributed by atoms with Gasteiger partial charge in [0.25, 0.3) is 0 Å². The summed E-state index contributed by atoms with van der Waals surface area (Å²) in [7, 11) is 3.28. The minimum absolute atomic E-state index is 0.155. The summed E-state index contributed by atoms with van der Waals surface area (Å²) < 4.78 is 24.5. The molecule has 2 aromatic carbocycles. The van der Waals surface area contributed by atoms with Crippen LogP contribution in [0.5, 0.6) is 11.5 Å². The zero-order valence-electron chi connectivity index (χ0n) is 13.8. The summed E-state index contributed by atoms with van der Waals surface area (Å²) in [5.74, 6) is 1.89. The second-order valence-electron chi connectivity index (χ2n) is 6.32. The lowest BCUT2D eigenvalue weighted by molar-refractivity contribution is 0.353. The van der Waals surface area contributed by atoms with E-state index >= 15 is 0 Å². The molecule has 24 heavy (non-hydrogen) atoms. The molecule has 0 fully saturated rings. The van der Waals surface area contributed by atoms with Crippen LogP contribution in [0, 0.1) is 11.7 Å². The molecule has 2 aliphatic rings. The van der Waals surface area contributed by atoms with E-state index in [9.17, 15) is 4.39 Å². The molecule has 1 heterocycles. The smallest absolute Gasteiger partial charge is 0.161 e. The van der Waals surface area contributed by atoms with Gasteiger partial charge in [0.15, 0.2) is 11.5 Å². The Labute approximate surface area is 141 Å². The Bertz CT molecular complexity index is 802. The zero-order valence-corrected chi connectivity index (χ0v) is 13.8. The lowest BCUT2D eigenvalue weighted by atomic mass is 9.77. The van der Waals surface area contributed by atoms with Crippen molar-refractivity contribution in [2.24, 2.45) is 5.92 Å². The Morgan fingerprint density at radius 2 is 1.88 bits per heavy atom. The van der Waals surface area contributed by atoms with Crippen molar-refractivity contribution < 1.29 is 13.9 Å². The summed E-state index contributed by atoms with van der Waals surface area (Å²) in [6.07, 6.45) is 5.38. The van der Waals surface area contributed by atoms with Gasteiger partial charge < -0.3 is 14.8 Å². The van der Waals surface area contributed by atoms with Crippen LogP contribution in [0.1, 0.15) is 29.5 Å². The Morgan fingerprint density at radius 1 is 1.04 bits per heavy atom. The van der Waals surface area contributed by atoms with E-state index in [1.807, 2.05) is 18.2 Å². The van der Waals surface area contributed by atoms with Gasteiger partial charge in [-0.25, -0.2) is 4.39 Å². The molecule has 3 atom stereocenters. The molecule has 4 heteroatoms. The van der Waals surface area contributed by atoms with Gasteiger partial charge in [-0.15, -0.1) is 0 Å². The normalized spacial score (nSPS) is 24.0. The van der Waals surface area contributed by atoms with E-state index in [1.165, 1.54) is 6.07 Å². The molecule has 4 rings (SSSR count). The van der Waals surface area contributed by atoms with Gasteiger partial charge in [0, 0.05) is 11.6 Å². The molecule has 0 unspecified atom stereocenters. The molecule has 1 N–H and O–H groups in total. The van der Waals surface area contributed by atoms with Crippen LogP contribution in [0.15, 0.2) is 48.6 Å². The standard InChI is InChI=1S/C20H20FNO2/c1-23-18-9-6-12(10-19(18)24-2)20-15-5-3-4-14(15)16-11-13(21)7-8-17(16)22-20/h3-4,6-11,14-15,20,22H,5H2,1-2H3/t14-,15+,20+/m1/s1. The Kier molecular flexibility index (Phi) is 3.68. The van der Waals surface area contributed by atoms with Crippen LogP contribution in [0.3, 0.4) is 0 Å². The average Bonchev–Trinajstić information content (AvgIpc) is 3.10. The quantitative estimate of drug-likeness (QED) is 0.832. The number of halogens is 1. The lowest BCUT2D eigenvalue weighted by Crippen LogP contribution is -2.29. The highest BCUT2D eigenvalue weighted by Gasteiger charge is 2.38. The number of rotatable bonds is 3. The topological polar surface area (TPSA) is 30.5 Å². The van der Waals surface area contributed by atoms with E-state index in [4.69, 9.17) is 9.47 Å². The minimum atomic E-state index is -0.181. The molecule has 0 saturated carbocycles. The van der Waals surface area contributed by atoms with Crippen LogP contribution in [0.25, 0.3) is 0 Å². The summed E-state index contributed by atoms with van der Waals surface area (Å²) in [4.78, 5) is 0. The number of fused-ring (bicyclic) bond motifs is 3. The number of ether oxygens (including phenoxy) is 2. The van der Waals surface area contributed by atoms with Crippen molar-refractivity contribution in [1.29, 1.82) is 0 Å². The number of hydrogen-bond acceptors (Lipinski definition) is 3. The van der Waals surface area contributed by atoms with Crippen molar-refractivity contribution in [2.75, 3.05) is 19.5 Å². The first-order valence-corrected chi connectivity index (χ1v) is 8.16. The molecule has 124 valence electrons. The third kappa shape index (κ3) is 2.33. The number of methoxy groups -OCH3 is 2. The van der Waals surface area contributed by atoms with Gasteiger partial charge in [-0.05, 0) is 53.8 Å². The summed E-state index contributed by atoms with van der Waals surface area (Å²) in [6.45, 7) is 0. The van der Waals surface area contributed by atoms with Crippen LogP contribution in [0.2, 0.25) is 0 Å². The van der Waals surface area contributed by atoms with Crippen LogP contribution >= 0.6 is 0 Å². The number of nitrogens with one attached hydrogen (secondary N) is 1. The molecule has 0 spiro atoms. The fraction of sp³-hybridized carbons (Fsp3) is 0.300. The molecule has 1 aliphatic heterocycles. The maximum absolute atomic E-state index is 13.7. The molecule has 2 aromatic rings. The van der Waals surface area contributed by atoms with E-state index in [2.05, 4.69) is 23.5 Å². The third-order valence-electron chi connectivity index (χ3n) is 5.09. The van der Waals surface area contributed by atoms with Crippen molar-refractivity contribution in [3.63, 3.8) is 0 Å². The van der Waals surface area contributed by atoms with Crippen molar-refractivity contribution in [1.82, 2.24) is 0 Å². The maximum Gasteiger partial charge on any atom is 0.161 e. The predicted molar refractivity (Wildman–Crippen MR) is 92.3 cm³/mol. The number of benzene rings is 2. The second kappa shape index (κ2) is 5.86. The fourth-order valence-electron chi connectivity index (χ4n) is 3.94. The molecule has 0 amide bonds. The summed E-state index contributed by atoms with van der Waals surface area (Å²) in [6, 6.07) is 11.2. The highest BCUT2D eigenvalue weighted by molar-refractivity contribution is 5.60. The Balaban J connectivity index is 1.76. The highest BCUT2D eigenvalue weighted by atomic mass is 19.1. The van der Waals surface area contributed by atoms with Gasteiger partial charge in [-0.1, -0.05) is 18.2 Å².